The van der Waals surface area contributed by atoms with Crippen molar-refractivity contribution in [3.05, 3.63) is 24.0 Å². The molecule has 0 bridgehead atoms. The fourth-order valence-electron chi connectivity index (χ4n) is 1.84. The van der Waals surface area contributed by atoms with Crippen molar-refractivity contribution in [2.75, 3.05) is 11.9 Å². The van der Waals surface area contributed by atoms with Gasteiger partial charge in [-0.05, 0) is 19.4 Å². The van der Waals surface area contributed by atoms with Gasteiger partial charge in [0, 0.05) is 6.20 Å². The van der Waals surface area contributed by atoms with Crippen LogP contribution in [0.2, 0.25) is 0 Å². The van der Waals surface area contributed by atoms with Crippen LogP contribution in [0.5, 0.6) is 0 Å². The average molecular weight is 293 g/mol. The van der Waals surface area contributed by atoms with E-state index in [9.17, 15) is 9.90 Å². The molecule has 0 fully saturated rings. The van der Waals surface area contributed by atoms with E-state index in [0.29, 0.717) is 18.1 Å². The molecule has 0 aliphatic carbocycles. The molecule has 1 heterocycles. The SMILES string of the molecule is CCCCCC(O)C/N=C(\C)Nc1cncc(C(=O)O)c1. The summed E-state index contributed by atoms with van der Waals surface area (Å²) in [7, 11) is 0. The van der Waals surface area contributed by atoms with Gasteiger partial charge in [0.2, 0.25) is 0 Å². The predicted octanol–water partition coefficient (Wildman–Crippen LogP) is 2.55. The number of unbranched alkanes of at least 4 members (excludes halogenated alkanes) is 2. The molecule has 6 heteroatoms. The normalized spacial score (nSPS) is 13.0. The first kappa shape index (κ1) is 17.1. The summed E-state index contributed by atoms with van der Waals surface area (Å²) in [6.07, 6.45) is 6.39. The quantitative estimate of drug-likeness (QED) is 0.389. The monoisotopic (exact) mass is 293 g/mol. The largest absolute Gasteiger partial charge is 0.478 e. The Morgan fingerprint density at radius 2 is 2.19 bits per heavy atom. The van der Waals surface area contributed by atoms with Crippen LogP contribution in [0.4, 0.5) is 5.69 Å². The Hall–Kier alpha value is -1.95. The molecular weight excluding hydrogens is 270 g/mol. The number of aromatic nitrogens is 1. The molecule has 0 saturated carbocycles. The van der Waals surface area contributed by atoms with E-state index < -0.39 is 12.1 Å². The van der Waals surface area contributed by atoms with E-state index in [4.69, 9.17) is 5.11 Å². The van der Waals surface area contributed by atoms with Crippen molar-refractivity contribution in [3.63, 3.8) is 0 Å². The van der Waals surface area contributed by atoms with Gasteiger partial charge in [-0.25, -0.2) is 4.79 Å². The Morgan fingerprint density at radius 3 is 2.86 bits per heavy atom. The molecule has 1 rings (SSSR count). The molecule has 0 aromatic carbocycles. The molecule has 0 saturated heterocycles. The lowest BCUT2D eigenvalue weighted by Crippen LogP contribution is -2.15. The zero-order valence-electron chi connectivity index (χ0n) is 12.5. The predicted molar refractivity (Wildman–Crippen MR) is 82.9 cm³/mol. The molecule has 1 unspecified atom stereocenters. The molecule has 0 aliphatic rings. The van der Waals surface area contributed by atoms with Gasteiger partial charge in [-0.15, -0.1) is 0 Å². The van der Waals surface area contributed by atoms with Gasteiger partial charge < -0.3 is 15.5 Å². The minimum Gasteiger partial charge on any atom is -0.478 e. The van der Waals surface area contributed by atoms with E-state index in [1.165, 1.54) is 18.5 Å². The van der Waals surface area contributed by atoms with Crippen LogP contribution in [0.3, 0.4) is 0 Å². The summed E-state index contributed by atoms with van der Waals surface area (Å²) in [6.45, 7) is 4.23. The Bertz CT molecular complexity index is 489. The number of amidine groups is 1. The number of aliphatic hydroxyl groups excluding tert-OH is 1. The summed E-state index contributed by atoms with van der Waals surface area (Å²) in [5.74, 6) is -0.402. The van der Waals surface area contributed by atoms with Gasteiger partial charge in [0.25, 0.3) is 0 Å². The van der Waals surface area contributed by atoms with E-state index in [1.54, 1.807) is 6.92 Å². The molecule has 6 nitrogen and oxygen atoms in total. The minimum absolute atomic E-state index is 0.118. The fourth-order valence-corrected chi connectivity index (χ4v) is 1.84. The summed E-state index contributed by atoms with van der Waals surface area (Å²) in [5.41, 5.74) is 0.684. The lowest BCUT2D eigenvalue weighted by molar-refractivity contribution is 0.0696. The third-order valence-corrected chi connectivity index (χ3v) is 2.99. The number of aliphatic imine (C=N–C) groups is 1. The molecule has 21 heavy (non-hydrogen) atoms. The van der Waals surface area contributed by atoms with Crippen molar-refractivity contribution < 1.29 is 15.0 Å². The van der Waals surface area contributed by atoms with Gasteiger partial charge in [-0.1, -0.05) is 26.2 Å². The molecule has 1 aromatic rings. The fraction of sp³-hybridized carbons (Fsp3) is 0.533. The second-order valence-electron chi connectivity index (χ2n) is 4.97. The first-order chi connectivity index (χ1) is 10.0. The first-order valence-corrected chi connectivity index (χ1v) is 7.17. The maximum absolute atomic E-state index is 10.8. The molecule has 0 spiro atoms. The van der Waals surface area contributed by atoms with Crippen LogP contribution in [0.25, 0.3) is 0 Å². The Labute approximate surface area is 124 Å². The highest BCUT2D eigenvalue weighted by atomic mass is 16.4. The number of nitrogens with one attached hydrogen (secondary N) is 1. The van der Waals surface area contributed by atoms with Crippen molar-refractivity contribution in [2.45, 2.75) is 45.6 Å². The van der Waals surface area contributed by atoms with Crippen LogP contribution >= 0.6 is 0 Å². The van der Waals surface area contributed by atoms with Gasteiger partial charge in [-0.2, -0.15) is 0 Å². The van der Waals surface area contributed by atoms with Crippen molar-refractivity contribution >= 4 is 17.5 Å². The number of pyridine rings is 1. The summed E-state index contributed by atoms with van der Waals surface area (Å²) in [5, 5.41) is 21.6. The Balaban J connectivity index is 2.48. The third-order valence-electron chi connectivity index (χ3n) is 2.99. The number of hydrogen-bond acceptors (Lipinski definition) is 4. The molecule has 1 aromatic heterocycles. The van der Waals surface area contributed by atoms with Crippen LogP contribution in [-0.2, 0) is 0 Å². The second kappa shape index (κ2) is 9.07. The lowest BCUT2D eigenvalue weighted by atomic mass is 10.1. The van der Waals surface area contributed by atoms with Gasteiger partial charge >= 0.3 is 5.97 Å². The Kier molecular flexibility index (Phi) is 7.39. The molecular formula is C15H23N3O3. The lowest BCUT2D eigenvalue weighted by Gasteiger charge is -2.09. The van der Waals surface area contributed by atoms with E-state index in [0.717, 1.165) is 25.7 Å². The second-order valence-corrected chi connectivity index (χ2v) is 4.97. The summed E-state index contributed by atoms with van der Waals surface area (Å²) < 4.78 is 0. The Morgan fingerprint density at radius 1 is 1.43 bits per heavy atom. The summed E-state index contributed by atoms with van der Waals surface area (Å²) >= 11 is 0. The molecule has 0 aliphatic heterocycles. The molecule has 116 valence electrons. The number of hydrogen-bond donors (Lipinski definition) is 3. The number of aromatic carboxylic acids is 1. The van der Waals surface area contributed by atoms with Crippen molar-refractivity contribution in [2.24, 2.45) is 4.99 Å². The number of carbonyl (C=O) groups is 1. The van der Waals surface area contributed by atoms with Gasteiger partial charge in [0.15, 0.2) is 0 Å². The third kappa shape index (κ3) is 6.85. The minimum atomic E-state index is -1.02. The number of anilines is 1. The zero-order chi connectivity index (χ0) is 15.7. The van der Waals surface area contributed by atoms with E-state index in [-0.39, 0.29) is 5.56 Å². The van der Waals surface area contributed by atoms with Crippen LogP contribution in [0, 0.1) is 0 Å². The zero-order valence-corrected chi connectivity index (χ0v) is 12.5. The first-order valence-electron chi connectivity index (χ1n) is 7.17. The summed E-state index contributed by atoms with van der Waals surface area (Å²) in [6, 6.07) is 1.49. The van der Waals surface area contributed by atoms with Crippen LogP contribution in [-0.4, -0.2) is 39.7 Å². The highest BCUT2D eigenvalue weighted by Gasteiger charge is 2.05. The molecule has 0 radical (unpaired) electrons. The average Bonchev–Trinajstić information content (AvgIpc) is 2.45. The van der Waals surface area contributed by atoms with Gasteiger partial charge in [-0.3, -0.25) is 9.98 Å². The number of nitrogens with zero attached hydrogens (tertiary/aromatic N) is 2. The van der Waals surface area contributed by atoms with E-state index in [2.05, 4.69) is 22.2 Å². The highest BCUT2D eigenvalue weighted by Crippen LogP contribution is 2.09. The van der Waals surface area contributed by atoms with Crippen molar-refractivity contribution in [3.8, 4) is 0 Å². The van der Waals surface area contributed by atoms with Crippen LogP contribution in [0.15, 0.2) is 23.5 Å². The van der Waals surface area contributed by atoms with Crippen molar-refractivity contribution in [1.29, 1.82) is 0 Å². The topological polar surface area (TPSA) is 94.8 Å². The molecule has 3 N–H and O–H groups in total. The van der Waals surface area contributed by atoms with Crippen LogP contribution < -0.4 is 5.32 Å². The van der Waals surface area contributed by atoms with E-state index >= 15 is 0 Å². The number of carboxylic acids is 1. The van der Waals surface area contributed by atoms with Gasteiger partial charge in [0.1, 0.15) is 0 Å². The smallest absolute Gasteiger partial charge is 0.337 e. The molecule has 1 atom stereocenters. The standard InChI is InChI=1S/C15H23N3O3/c1-3-4-5-6-14(19)10-17-11(2)18-13-7-12(15(20)21)8-16-9-13/h7-9,14,19H,3-6,10H2,1-2H3,(H,17,18)(H,20,21). The molecule has 0 amide bonds. The number of carboxylic acid groups (broad SMARTS) is 1. The highest BCUT2D eigenvalue weighted by molar-refractivity contribution is 5.95. The van der Waals surface area contributed by atoms with Gasteiger partial charge in [0.05, 0.1) is 35.9 Å². The summed E-state index contributed by atoms with van der Waals surface area (Å²) in [4.78, 5) is 19.0. The van der Waals surface area contributed by atoms with Crippen LogP contribution in [0.1, 0.15) is 49.9 Å². The van der Waals surface area contributed by atoms with E-state index in [1.807, 2.05) is 0 Å². The van der Waals surface area contributed by atoms with Crippen molar-refractivity contribution in [1.82, 2.24) is 4.98 Å². The number of rotatable bonds is 8. The maximum Gasteiger partial charge on any atom is 0.337 e. The maximum atomic E-state index is 10.8. The number of aliphatic hydroxyl groups is 1.